The molecule has 3 aromatic rings. The minimum Gasteiger partial charge on any atom is -0.363 e. The number of rotatable bonds is 6. The number of hydrogen-bond donors (Lipinski definition) is 0. The van der Waals surface area contributed by atoms with Crippen molar-refractivity contribution in [1.29, 1.82) is 5.26 Å². The van der Waals surface area contributed by atoms with Crippen LogP contribution in [0.25, 0.3) is 0 Å². The highest BCUT2D eigenvalue weighted by Gasteiger charge is 2.37. The van der Waals surface area contributed by atoms with Crippen LogP contribution in [-0.4, -0.2) is 41.4 Å². The van der Waals surface area contributed by atoms with E-state index in [0.717, 1.165) is 11.3 Å². The van der Waals surface area contributed by atoms with Crippen LogP contribution in [0.1, 0.15) is 23.4 Å². The number of halogens is 2. The van der Waals surface area contributed by atoms with Crippen molar-refractivity contribution in [2.75, 3.05) is 18.0 Å². The van der Waals surface area contributed by atoms with Crippen molar-refractivity contribution >= 4 is 38.9 Å². The summed E-state index contributed by atoms with van der Waals surface area (Å²) in [6.07, 6.45) is 2.17. The lowest BCUT2D eigenvalue weighted by Crippen LogP contribution is -2.38. The fourth-order valence-electron chi connectivity index (χ4n) is 3.98. The first-order valence-electron chi connectivity index (χ1n) is 10.4. The van der Waals surface area contributed by atoms with Crippen molar-refractivity contribution in [1.82, 2.24) is 13.9 Å². The summed E-state index contributed by atoms with van der Waals surface area (Å²) in [5.74, 6) is 0.636. The topological polar surface area (TPSA) is 82.2 Å². The molecule has 7 nitrogen and oxygen atoms in total. The Morgan fingerprint density at radius 2 is 1.97 bits per heavy atom. The fraction of sp³-hybridized carbons (Fsp3) is 0.304. The van der Waals surface area contributed by atoms with Crippen molar-refractivity contribution in [3.05, 3.63) is 75.7 Å². The van der Waals surface area contributed by atoms with Crippen molar-refractivity contribution in [3.8, 4) is 6.07 Å². The maximum absolute atomic E-state index is 13.2. The van der Waals surface area contributed by atoms with E-state index in [1.807, 2.05) is 30.3 Å². The molecule has 1 aliphatic rings. The highest BCUT2D eigenvalue weighted by Crippen LogP contribution is 2.32. The van der Waals surface area contributed by atoms with E-state index in [4.69, 9.17) is 23.2 Å². The first-order valence-corrected chi connectivity index (χ1v) is 12.6. The molecule has 0 unspecified atom stereocenters. The van der Waals surface area contributed by atoms with Crippen LogP contribution in [0.2, 0.25) is 10.0 Å². The molecule has 33 heavy (non-hydrogen) atoms. The molecule has 0 N–H and O–H groups in total. The van der Waals surface area contributed by atoms with E-state index >= 15 is 0 Å². The number of hydrogen-bond acceptors (Lipinski definition) is 5. The second-order valence-corrected chi connectivity index (χ2v) is 10.7. The SMILES string of the molecule is Cc1nc(S(=O)(=O)N2CC[C@H](N(Cc3ccccc3Cl)c3ccc(C#N)c(Cl)c3)C2)cn1C. The molecule has 0 radical (unpaired) electrons. The van der Waals surface area contributed by atoms with Crippen LogP contribution >= 0.6 is 23.2 Å². The van der Waals surface area contributed by atoms with Crippen LogP contribution in [-0.2, 0) is 23.6 Å². The molecule has 1 aromatic heterocycles. The van der Waals surface area contributed by atoms with Gasteiger partial charge in [-0.25, -0.2) is 13.4 Å². The molecule has 1 saturated heterocycles. The number of anilines is 1. The lowest BCUT2D eigenvalue weighted by atomic mass is 10.1. The molecule has 10 heteroatoms. The van der Waals surface area contributed by atoms with Gasteiger partial charge in [0.2, 0.25) is 0 Å². The van der Waals surface area contributed by atoms with Gasteiger partial charge in [0.05, 0.1) is 10.6 Å². The lowest BCUT2D eigenvalue weighted by Gasteiger charge is -2.32. The van der Waals surface area contributed by atoms with Gasteiger partial charge in [0.25, 0.3) is 10.0 Å². The van der Waals surface area contributed by atoms with E-state index in [1.54, 1.807) is 36.9 Å². The van der Waals surface area contributed by atoms with Crippen LogP contribution in [0, 0.1) is 18.3 Å². The second kappa shape index (κ2) is 9.35. The largest absolute Gasteiger partial charge is 0.363 e. The summed E-state index contributed by atoms with van der Waals surface area (Å²) >= 11 is 12.7. The highest BCUT2D eigenvalue weighted by molar-refractivity contribution is 7.89. The van der Waals surface area contributed by atoms with Crippen LogP contribution in [0.4, 0.5) is 5.69 Å². The molecular formula is C23H23Cl2N5O2S. The summed E-state index contributed by atoms with van der Waals surface area (Å²) in [6.45, 7) is 2.93. The first-order chi connectivity index (χ1) is 15.7. The van der Waals surface area contributed by atoms with Crippen LogP contribution in [0.3, 0.4) is 0 Å². The lowest BCUT2D eigenvalue weighted by molar-refractivity contribution is 0.465. The minimum atomic E-state index is -3.71. The normalized spacial score (nSPS) is 16.6. The third-order valence-corrected chi connectivity index (χ3v) is 8.38. The number of aromatic nitrogens is 2. The van der Waals surface area contributed by atoms with Gasteiger partial charge >= 0.3 is 0 Å². The Bertz CT molecular complexity index is 1310. The third kappa shape index (κ3) is 4.73. The minimum absolute atomic E-state index is 0.0576. The molecule has 1 aliphatic heterocycles. The predicted octanol–water partition coefficient (Wildman–Crippen LogP) is 4.38. The molecule has 0 bridgehead atoms. The Labute approximate surface area is 203 Å². The Morgan fingerprint density at radius 3 is 2.61 bits per heavy atom. The van der Waals surface area contributed by atoms with E-state index < -0.39 is 10.0 Å². The molecular weight excluding hydrogens is 481 g/mol. The van der Waals surface area contributed by atoms with Gasteiger partial charge in [0.15, 0.2) is 5.03 Å². The molecule has 0 aliphatic carbocycles. The Hall–Kier alpha value is -2.57. The van der Waals surface area contributed by atoms with Gasteiger partial charge < -0.3 is 9.47 Å². The van der Waals surface area contributed by atoms with Gasteiger partial charge in [-0.2, -0.15) is 9.57 Å². The zero-order chi connectivity index (χ0) is 23.8. The van der Waals surface area contributed by atoms with Crippen molar-refractivity contribution < 1.29 is 8.42 Å². The summed E-state index contributed by atoms with van der Waals surface area (Å²) in [7, 11) is -1.94. The van der Waals surface area contributed by atoms with Crippen LogP contribution in [0.15, 0.2) is 53.7 Å². The number of benzene rings is 2. The highest BCUT2D eigenvalue weighted by atomic mass is 35.5. The van der Waals surface area contributed by atoms with Gasteiger partial charge in [-0.05, 0) is 43.2 Å². The summed E-state index contributed by atoms with van der Waals surface area (Å²) in [6, 6.07) is 14.8. The van der Waals surface area contributed by atoms with E-state index in [-0.39, 0.29) is 11.1 Å². The number of nitrogens with zero attached hydrogens (tertiary/aromatic N) is 5. The van der Waals surface area contributed by atoms with Crippen LogP contribution in [0.5, 0.6) is 0 Å². The summed E-state index contributed by atoms with van der Waals surface area (Å²) in [5, 5.41) is 10.3. The number of imidazole rings is 1. The zero-order valence-corrected chi connectivity index (χ0v) is 20.6. The van der Waals surface area contributed by atoms with Crippen LogP contribution < -0.4 is 4.90 Å². The standard InChI is InChI=1S/C23H23Cl2N5O2S/c1-16-27-23(15-28(16)2)33(31,32)29-10-9-20(14-29)30(13-18-5-3-4-6-21(18)24)19-8-7-17(12-26)22(25)11-19/h3-8,11,15,20H,9-10,13-14H2,1-2H3/t20-/m0/s1. The van der Waals surface area contributed by atoms with Gasteiger partial charge in [0, 0.05) is 49.6 Å². The quantitative estimate of drug-likeness (QED) is 0.498. The molecule has 4 rings (SSSR count). The number of aryl methyl sites for hydroxylation is 2. The van der Waals surface area contributed by atoms with E-state index in [0.29, 0.717) is 47.5 Å². The van der Waals surface area contributed by atoms with Crippen molar-refractivity contribution in [2.45, 2.75) is 31.0 Å². The molecule has 2 heterocycles. The maximum atomic E-state index is 13.2. The Morgan fingerprint density at radius 1 is 1.21 bits per heavy atom. The smallest absolute Gasteiger partial charge is 0.262 e. The Balaban J connectivity index is 1.65. The molecule has 0 spiro atoms. The van der Waals surface area contributed by atoms with E-state index in [9.17, 15) is 13.7 Å². The molecule has 0 saturated carbocycles. The predicted molar refractivity (Wildman–Crippen MR) is 129 cm³/mol. The summed E-state index contributed by atoms with van der Waals surface area (Å²) in [4.78, 5) is 6.32. The van der Waals surface area contributed by atoms with Gasteiger partial charge in [-0.15, -0.1) is 0 Å². The summed E-state index contributed by atoms with van der Waals surface area (Å²) < 4.78 is 29.6. The summed E-state index contributed by atoms with van der Waals surface area (Å²) in [5.41, 5.74) is 2.11. The van der Waals surface area contributed by atoms with Gasteiger partial charge in [0.1, 0.15) is 11.9 Å². The molecule has 0 amide bonds. The monoisotopic (exact) mass is 503 g/mol. The molecule has 172 valence electrons. The van der Waals surface area contributed by atoms with Crippen molar-refractivity contribution in [2.24, 2.45) is 7.05 Å². The molecule has 2 aromatic carbocycles. The second-order valence-electron chi connectivity index (χ2n) is 8.04. The van der Waals surface area contributed by atoms with Gasteiger partial charge in [-0.1, -0.05) is 41.4 Å². The van der Waals surface area contributed by atoms with E-state index in [1.165, 1.54) is 4.31 Å². The molecule has 1 atom stereocenters. The Kier molecular flexibility index (Phi) is 6.68. The van der Waals surface area contributed by atoms with E-state index in [2.05, 4.69) is 16.0 Å². The third-order valence-electron chi connectivity index (χ3n) is 5.96. The number of sulfonamides is 1. The molecule has 1 fully saturated rings. The van der Waals surface area contributed by atoms with Gasteiger partial charge in [-0.3, -0.25) is 0 Å². The zero-order valence-electron chi connectivity index (χ0n) is 18.2. The average molecular weight is 504 g/mol. The number of nitriles is 1. The fourth-order valence-corrected chi connectivity index (χ4v) is 5.91. The first kappa shape index (κ1) is 23.6. The maximum Gasteiger partial charge on any atom is 0.262 e. The van der Waals surface area contributed by atoms with Crippen molar-refractivity contribution in [3.63, 3.8) is 0 Å². The average Bonchev–Trinajstić information content (AvgIpc) is 3.41.